The maximum Gasteiger partial charge on any atom is 0.341 e. The summed E-state index contributed by atoms with van der Waals surface area (Å²) in [5.41, 5.74) is 0.367. The van der Waals surface area contributed by atoms with Gasteiger partial charge in [-0.2, -0.15) is 0 Å². The van der Waals surface area contributed by atoms with Crippen LogP contribution in [-0.2, 0) is 13.2 Å². The molecule has 0 atom stereocenters. The molecule has 1 aromatic carbocycles. The van der Waals surface area contributed by atoms with Gasteiger partial charge in [-0.05, 0) is 25.0 Å². The van der Waals surface area contributed by atoms with Crippen molar-refractivity contribution in [3.8, 4) is 17.1 Å². The summed E-state index contributed by atoms with van der Waals surface area (Å²) in [5.74, 6) is -0.442. The minimum absolute atomic E-state index is 0.0341. The molecule has 9 heteroatoms. The van der Waals surface area contributed by atoms with Crippen LogP contribution in [0.25, 0.3) is 11.3 Å². The van der Waals surface area contributed by atoms with Crippen LogP contribution < -0.4 is 10.2 Å². The first-order chi connectivity index (χ1) is 14.2. The summed E-state index contributed by atoms with van der Waals surface area (Å²) in [5, 5.41) is 14.2. The van der Waals surface area contributed by atoms with Crippen LogP contribution in [0, 0.1) is 0 Å². The van der Waals surface area contributed by atoms with Crippen LogP contribution in [0.15, 0.2) is 39.6 Å². The predicted octanol–water partition coefficient (Wildman–Crippen LogP) is 5.23. The number of benzene rings is 1. The van der Waals surface area contributed by atoms with Crippen molar-refractivity contribution in [2.75, 3.05) is 0 Å². The fourth-order valence-corrected chi connectivity index (χ4v) is 3.32. The van der Waals surface area contributed by atoms with Gasteiger partial charge in [-0.1, -0.05) is 48.3 Å². The van der Waals surface area contributed by atoms with E-state index < -0.39 is 11.4 Å². The van der Waals surface area contributed by atoms with Gasteiger partial charge in [0, 0.05) is 24.2 Å². The van der Waals surface area contributed by atoms with Crippen molar-refractivity contribution in [2.24, 2.45) is 0 Å². The number of rotatable bonds is 7. The molecule has 0 amide bonds. The fraction of sp³-hybridized carbons (Fsp3) is 0.286. The Morgan fingerprint density at radius 3 is 2.53 bits per heavy atom. The molecule has 3 rings (SSSR count). The highest BCUT2D eigenvalue weighted by Gasteiger charge is 2.23. The normalized spacial score (nSPS) is 11.1. The number of carboxylic acid groups (broad SMARTS) is 1. The van der Waals surface area contributed by atoms with E-state index in [9.17, 15) is 14.7 Å². The van der Waals surface area contributed by atoms with Gasteiger partial charge in [0.25, 0.3) is 0 Å². The van der Waals surface area contributed by atoms with Gasteiger partial charge in [0.15, 0.2) is 18.2 Å². The molecule has 7 nitrogen and oxygen atoms in total. The molecule has 0 saturated carbocycles. The third-order valence-electron chi connectivity index (χ3n) is 4.53. The van der Waals surface area contributed by atoms with Gasteiger partial charge < -0.3 is 18.9 Å². The second-order valence-electron chi connectivity index (χ2n) is 6.91. The number of pyridine rings is 1. The van der Waals surface area contributed by atoms with Gasteiger partial charge in [-0.3, -0.25) is 4.79 Å². The van der Waals surface area contributed by atoms with Crippen molar-refractivity contribution >= 4 is 29.2 Å². The SMILES string of the molecule is CCn1c(OCc2cc(C(C)C)no2)cc(=O)c(C(=O)O)c1-c1ccc(Cl)c(Cl)c1. The molecule has 0 aliphatic rings. The molecule has 0 aliphatic carbocycles. The molecule has 2 aromatic heterocycles. The Labute approximate surface area is 182 Å². The first kappa shape index (κ1) is 21.9. The van der Waals surface area contributed by atoms with Gasteiger partial charge in [0.05, 0.1) is 21.4 Å². The van der Waals surface area contributed by atoms with E-state index in [0.717, 1.165) is 11.8 Å². The number of ether oxygens (including phenoxy) is 1. The van der Waals surface area contributed by atoms with Crippen molar-refractivity contribution in [1.29, 1.82) is 0 Å². The highest BCUT2D eigenvalue weighted by Crippen LogP contribution is 2.32. The third-order valence-corrected chi connectivity index (χ3v) is 5.27. The van der Waals surface area contributed by atoms with E-state index in [2.05, 4.69) is 5.16 Å². The molecule has 0 spiro atoms. The number of aromatic carboxylic acids is 1. The molecule has 2 heterocycles. The predicted molar refractivity (Wildman–Crippen MR) is 114 cm³/mol. The summed E-state index contributed by atoms with van der Waals surface area (Å²) < 4.78 is 12.7. The highest BCUT2D eigenvalue weighted by molar-refractivity contribution is 6.42. The van der Waals surface area contributed by atoms with Crippen LogP contribution in [-0.4, -0.2) is 20.8 Å². The lowest BCUT2D eigenvalue weighted by molar-refractivity contribution is 0.0695. The Morgan fingerprint density at radius 1 is 1.23 bits per heavy atom. The van der Waals surface area contributed by atoms with E-state index in [-0.39, 0.29) is 34.7 Å². The molecule has 30 heavy (non-hydrogen) atoms. The lowest BCUT2D eigenvalue weighted by atomic mass is 10.0. The van der Waals surface area contributed by atoms with Crippen LogP contribution in [0.2, 0.25) is 10.0 Å². The third kappa shape index (κ3) is 4.37. The maximum atomic E-state index is 12.6. The van der Waals surface area contributed by atoms with E-state index in [1.165, 1.54) is 6.07 Å². The minimum Gasteiger partial charge on any atom is -0.477 e. The molecule has 158 valence electrons. The summed E-state index contributed by atoms with van der Waals surface area (Å²) in [6, 6.07) is 7.62. The van der Waals surface area contributed by atoms with Gasteiger partial charge >= 0.3 is 5.97 Å². The summed E-state index contributed by atoms with van der Waals surface area (Å²) in [4.78, 5) is 24.5. The van der Waals surface area contributed by atoms with Crippen LogP contribution in [0.1, 0.15) is 48.5 Å². The molecule has 0 fully saturated rings. The number of nitrogens with zero attached hydrogens (tertiary/aromatic N) is 2. The summed E-state index contributed by atoms with van der Waals surface area (Å²) >= 11 is 12.1. The Hall–Kier alpha value is -2.77. The standard InChI is InChI=1S/C21H20Cl2N2O5/c1-4-25-18(29-10-13-8-16(11(2)3)24-30-13)9-17(26)19(21(27)28)20(25)12-5-6-14(22)15(23)7-12/h5-9,11H,4,10H2,1-3H3,(H,27,28). The number of hydrogen-bond donors (Lipinski definition) is 1. The molecule has 0 saturated heterocycles. The number of carboxylic acids is 1. The topological polar surface area (TPSA) is 94.6 Å². The molecule has 3 aromatic rings. The smallest absolute Gasteiger partial charge is 0.341 e. The van der Waals surface area contributed by atoms with Crippen molar-refractivity contribution in [3.63, 3.8) is 0 Å². The average molecular weight is 451 g/mol. The molecule has 0 unspecified atom stereocenters. The molecule has 0 bridgehead atoms. The highest BCUT2D eigenvalue weighted by atomic mass is 35.5. The number of hydrogen-bond acceptors (Lipinski definition) is 5. The minimum atomic E-state index is -1.34. The second kappa shape index (κ2) is 8.93. The maximum absolute atomic E-state index is 12.6. The Balaban J connectivity index is 2.10. The van der Waals surface area contributed by atoms with Crippen LogP contribution in [0.5, 0.6) is 5.88 Å². The number of carbonyl (C=O) groups is 1. The first-order valence-electron chi connectivity index (χ1n) is 9.27. The molecule has 1 N–H and O–H groups in total. The average Bonchev–Trinajstić information content (AvgIpc) is 3.17. The summed E-state index contributed by atoms with van der Waals surface area (Å²) in [7, 11) is 0. The number of aromatic nitrogens is 2. The Morgan fingerprint density at radius 2 is 1.97 bits per heavy atom. The Bertz CT molecular complexity index is 1150. The van der Waals surface area contributed by atoms with E-state index in [0.29, 0.717) is 22.9 Å². The largest absolute Gasteiger partial charge is 0.477 e. The second-order valence-corrected chi connectivity index (χ2v) is 7.72. The molecule has 0 aliphatic heterocycles. The lowest BCUT2D eigenvalue weighted by Gasteiger charge is -2.19. The zero-order chi connectivity index (χ0) is 22.0. The molecule has 0 radical (unpaired) electrons. The summed E-state index contributed by atoms with van der Waals surface area (Å²) in [6.07, 6.45) is 0. The molecular formula is C21H20Cl2N2O5. The van der Waals surface area contributed by atoms with Crippen molar-refractivity contribution < 1.29 is 19.2 Å². The van der Waals surface area contributed by atoms with Gasteiger partial charge in [0.2, 0.25) is 5.43 Å². The van der Waals surface area contributed by atoms with Crippen molar-refractivity contribution in [1.82, 2.24) is 9.72 Å². The van der Waals surface area contributed by atoms with Crippen molar-refractivity contribution in [3.05, 3.63) is 67.6 Å². The van der Waals surface area contributed by atoms with Crippen LogP contribution >= 0.6 is 23.2 Å². The van der Waals surface area contributed by atoms with Gasteiger partial charge in [0.1, 0.15) is 5.56 Å². The monoisotopic (exact) mass is 450 g/mol. The van der Waals surface area contributed by atoms with Gasteiger partial charge in [-0.15, -0.1) is 0 Å². The van der Waals surface area contributed by atoms with E-state index in [1.54, 1.807) is 22.8 Å². The van der Waals surface area contributed by atoms with Crippen molar-refractivity contribution in [2.45, 2.75) is 39.8 Å². The van der Waals surface area contributed by atoms with E-state index in [1.807, 2.05) is 20.8 Å². The lowest BCUT2D eigenvalue weighted by Crippen LogP contribution is -2.22. The fourth-order valence-electron chi connectivity index (χ4n) is 3.02. The zero-order valence-corrected chi connectivity index (χ0v) is 18.1. The van der Waals surface area contributed by atoms with E-state index >= 15 is 0 Å². The first-order valence-corrected chi connectivity index (χ1v) is 10.0. The van der Waals surface area contributed by atoms with E-state index in [4.69, 9.17) is 32.5 Å². The zero-order valence-electron chi connectivity index (χ0n) is 16.6. The van der Waals surface area contributed by atoms with Gasteiger partial charge in [-0.25, -0.2) is 4.79 Å². The number of halogens is 2. The summed E-state index contributed by atoms with van der Waals surface area (Å²) in [6.45, 7) is 6.18. The van der Waals surface area contributed by atoms with Crippen LogP contribution in [0.4, 0.5) is 0 Å². The quantitative estimate of drug-likeness (QED) is 0.529. The molecular weight excluding hydrogens is 431 g/mol. The van der Waals surface area contributed by atoms with Crippen LogP contribution in [0.3, 0.4) is 0 Å². The Kier molecular flexibility index (Phi) is 6.53.